The SMILES string of the molecule is Cc1ccc(C(=O)Nc2cc(Br)ccc2C(=O)O)c(F)c1. The number of anilines is 1. The molecule has 0 saturated heterocycles. The minimum atomic E-state index is -1.18. The molecule has 0 aliphatic carbocycles. The minimum Gasteiger partial charge on any atom is -0.478 e. The first-order valence-corrected chi connectivity index (χ1v) is 6.78. The number of carboxylic acid groups (broad SMARTS) is 1. The smallest absolute Gasteiger partial charge is 0.337 e. The van der Waals surface area contributed by atoms with Gasteiger partial charge in [-0.05, 0) is 42.8 Å². The highest BCUT2D eigenvalue weighted by Gasteiger charge is 2.16. The lowest BCUT2D eigenvalue weighted by atomic mass is 10.1. The summed E-state index contributed by atoms with van der Waals surface area (Å²) in [5.41, 5.74) is 0.579. The van der Waals surface area contributed by atoms with Crippen LogP contribution in [-0.4, -0.2) is 17.0 Å². The van der Waals surface area contributed by atoms with E-state index in [1.165, 1.54) is 24.3 Å². The second-order valence-corrected chi connectivity index (χ2v) is 5.35. The number of halogens is 2. The lowest BCUT2D eigenvalue weighted by Gasteiger charge is -2.10. The number of benzene rings is 2. The van der Waals surface area contributed by atoms with Crippen LogP contribution in [0.3, 0.4) is 0 Å². The summed E-state index contributed by atoms with van der Waals surface area (Å²) in [5, 5.41) is 11.5. The topological polar surface area (TPSA) is 66.4 Å². The average Bonchev–Trinajstić information content (AvgIpc) is 2.37. The zero-order valence-corrected chi connectivity index (χ0v) is 12.6. The maximum absolute atomic E-state index is 13.8. The monoisotopic (exact) mass is 351 g/mol. The molecule has 0 unspecified atom stereocenters. The number of aromatic carboxylic acids is 1. The molecule has 0 saturated carbocycles. The zero-order chi connectivity index (χ0) is 15.6. The summed E-state index contributed by atoms with van der Waals surface area (Å²) in [4.78, 5) is 23.2. The van der Waals surface area contributed by atoms with E-state index in [4.69, 9.17) is 5.11 Å². The van der Waals surface area contributed by atoms with E-state index in [-0.39, 0.29) is 16.8 Å². The van der Waals surface area contributed by atoms with Crippen LogP contribution in [0.2, 0.25) is 0 Å². The molecule has 0 heterocycles. The fourth-order valence-electron chi connectivity index (χ4n) is 1.80. The predicted molar refractivity (Wildman–Crippen MR) is 80.2 cm³/mol. The lowest BCUT2D eigenvalue weighted by molar-refractivity contribution is 0.0698. The number of carboxylic acids is 1. The largest absolute Gasteiger partial charge is 0.478 e. The van der Waals surface area contributed by atoms with Crippen LogP contribution in [0.4, 0.5) is 10.1 Å². The van der Waals surface area contributed by atoms with E-state index >= 15 is 0 Å². The van der Waals surface area contributed by atoms with Crippen LogP contribution in [0.1, 0.15) is 26.3 Å². The number of rotatable bonds is 3. The summed E-state index contributed by atoms with van der Waals surface area (Å²) < 4.78 is 14.4. The Balaban J connectivity index is 2.35. The average molecular weight is 352 g/mol. The molecular formula is C15H11BrFNO3. The summed E-state index contributed by atoms with van der Waals surface area (Å²) in [7, 11) is 0. The van der Waals surface area contributed by atoms with Gasteiger partial charge in [-0.3, -0.25) is 4.79 Å². The molecule has 108 valence electrons. The third kappa shape index (κ3) is 3.46. The van der Waals surface area contributed by atoms with Gasteiger partial charge in [-0.2, -0.15) is 0 Å². The number of nitrogens with one attached hydrogen (secondary N) is 1. The Morgan fingerprint density at radius 2 is 1.81 bits per heavy atom. The molecule has 0 fully saturated rings. The molecule has 4 nitrogen and oxygen atoms in total. The molecule has 1 amide bonds. The van der Waals surface area contributed by atoms with E-state index in [0.717, 1.165) is 0 Å². The van der Waals surface area contributed by atoms with Gasteiger partial charge in [0.05, 0.1) is 16.8 Å². The van der Waals surface area contributed by atoms with Gasteiger partial charge in [-0.25, -0.2) is 9.18 Å². The van der Waals surface area contributed by atoms with Crippen molar-refractivity contribution < 1.29 is 19.1 Å². The molecule has 2 aromatic carbocycles. The highest BCUT2D eigenvalue weighted by atomic mass is 79.9. The molecule has 2 rings (SSSR count). The summed E-state index contributed by atoms with van der Waals surface area (Å²) in [5.74, 6) is -2.53. The highest BCUT2D eigenvalue weighted by molar-refractivity contribution is 9.10. The van der Waals surface area contributed by atoms with E-state index in [1.54, 1.807) is 19.1 Å². The fraction of sp³-hybridized carbons (Fsp3) is 0.0667. The van der Waals surface area contributed by atoms with Crippen molar-refractivity contribution >= 4 is 33.5 Å². The first-order valence-electron chi connectivity index (χ1n) is 5.99. The molecule has 0 aromatic heterocycles. The number of carbonyl (C=O) groups is 2. The van der Waals surface area contributed by atoms with Crippen molar-refractivity contribution in [2.75, 3.05) is 5.32 Å². The molecule has 2 N–H and O–H groups in total. The van der Waals surface area contributed by atoms with Crippen LogP contribution >= 0.6 is 15.9 Å². The van der Waals surface area contributed by atoms with Crippen LogP contribution in [0.15, 0.2) is 40.9 Å². The van der Waals surface area contributed by atoms with Crippen molar-refractivity contribution in [2.24, 2.45) is 0 Å². The van der Waals surface area contributed by atoms with Crippen molar-refractivity contribution in [1.82, 2.24) is 0 Å². The van der Waals surface area contributed by atoms with E-state index < -0.39 is 17.7 Å². The summed E-state index contributed by atoms with van der Waals surface area (Å²) in [6.45, 7) is 1.71. The number of amides is 1. The maximum atomic E-state index is 13.8. The third-order valence-corrected chi connectivity index (χ3v) is 3.32. The fourth-order valence-corrected chi connectivity index (χ4v) is 2.16. The molecule has 0 aliphatic heterocycles. The minimum absolute atomic E-state index is 0.0703. The van der Waals surface area contributed by atoms with Crippen molar-refractivity contribution in [3.8, 4) is 0 Å². The first-order chi connectivity index (χ1) is 9.88. The van der Waals surface area contributed by atoms with Gasteiger partial charge >= 0.3 is 5.97 Å². The van der Waals surface area contributed by atoms with Crippen LogP contribution in [-0.2, 0) is 0 Å². The lowest BCUT2D eigenvalue weighted by Crippen LogP contribution is -2.16. The second-order valence-electron chi connectivity index (χ2n) is 4.43. The Hall–Kier alpha value is -2.21. The number of hydrogen-bond donors (Lipinski definition) is 2. The van der Waals surface area contributed by atoms with Crippen LogP contribution in [0.25, 0.3) is 0 Å². The summed E-state index contributed by atoms with van der Waals surface area (Å²) >= 11 is 3.20. The molecule has 2 aromatic rings. The molecule has 0 spiro atoms. The summed E-state index contributed by atoms with van der Waals surface area (Å²) in [6, 6.07) is 8.57. The maximum Gasteiger partial charge on any atom is 0.337 e. The highest BCUT2D eigenvalue weighted by Crippen LogP contribution is 2.22. The van der Waals surface area contributed by atoms with E-state index in [0.29, 0.717) is 10.0 Å². The quantitative estimate of drug-likeness (QED) is 0.882. The van der Waals surface area contributed by atoms with Gasteiger partial charge in [0.1, 0.15) is 5.82 Å². The molecule has 0 atom stereocenters. The van der Waals surface area contributed by atoms with Crippen LogP contribution in [0, 0.1) is 12.7 Å². The van der Waals surface area contributed by atoms with Crippen molar-refractivity contribution in [2.45, 2.75) is 6.92 Å². The van der Waals surface area contributed by atoms with E-state index in [2.05, 4.69) is 21.2 Å². The number of carbonyl (C=O) groups excluding carboxylic acids is 1. The first kappa shape index (κ1) is 15.2. The molecule has 0 radical (unpaired) electrons. The normalized spacial score (nSPS) is 10.2. The number of aryl methyl sites for hydroxylation is 1. The van der Waals surface area contributed by atoms with Gasteiger partial charge < -0.3 is 10.4 Å². The van der Waals surface area contributed by atoms with Gasteiger partial charge in [0.15, 0.2) is 0 Å². The Kier molecular flexibility index (Phi) is 4.37. The van der Waals surface area contributed by atoms with E-state index in [1.807, 2.05) is 0 Å². The Morgan fingerprint density at radius 1 is 1.14 bits per heavy atom. The van der Waals surface area contributed by atoms with Crippen molar-refractivity contribution in [3.05, 3.63) is 63.4 Å². The standard InChI is InChI=1S/C15H11BrFNO3/c1-8-2-4-10(12(17)6-8)14(19)18-13-7-9(16)3-5-11(13)15(20)21/h2-7H,1H3,(H,18,19)(H,20,21). The zero-order valence-electron chi connectivity index (χ0n) is 11.0. The number of hydrogen-bond acceptors (Lipinski definition) is 2. The van der Waals surface area contributed by atoms with Gasteiger partial charge in [0, 0.05) is 4.47 Å². The van der Waals surface area contributed by atoms with Crippen molar-refractivity contribution in [3.63, 3.8) is 0 Å². The Bertz CT molecular complexity index is 731. The van der Waals surface area contributed by atoms with Gasteiger partial charge in [0.2, 0.25) is 0 Å². The van der Waals surface area contributed by atoms with Gasteiger partial charge in [0.25, 0.3) is 5.91 Å². The Morgan fingerprint density at radius 3 is 2.43 bits per heavy atom. The molecule has 0 bridgehead atoms. The van der Waals surface area contributed by atoms with Crippen LogP contribution < -0.4 is 5.32 Å². The third-order valence-electron chi connectivity index (χ3n) is 2.83. The predicted octanol–water partition coefficient (Wildman–Crippen LogP) is 3.85. The Labute approximate surface area is 128 Å². The van der Waals surface area contributed by atoms with Crippen LogP contribution in [0.5, 0.6) is 0 Å². The van der Waals surface area contributed by atoms with Gasteiger partial charge in [-0.15, -0.1) is 0 Å². The second kappa shape index (κ2) is 6.05. The van der Waals surface area contributed by atoms with E-state index in [9.17, 15) is 14.0 Å². The molecule has 21 heavy (non-hydrogen) atoms. The van der Waals surface area contributed by atoms with Crippen molar-refractivity contribution in [1.29, 1.82) is 0 Å². The molecule has 6 heteroatoms. The molecular weight excluding hydrogens is 341 g/mol. The van der Waals surface area contributed by atoms with Gasteiger partial charge in [-0.1, -0.05) is 22.0 Å². The summed E-state index contributed by atoms with van der Waals surface area (Å²) in [6.07, 6.45) is 0. The molecule has 0 aliphatic rings.